The van der Waals surface area contributed by atoms with Crippen molar-refractivity contribution in [2.75, 3.05) is 13.7 Å². The van der Waals surface area contributed by atoms with E-state index in [1.807, 2.05) is 30.3 Å². The summed E-state index contributed by atoms with van der Waals surface area (Å²) in [5.74, 6) is -1.36. The van der Waals surface area contributed by atoms with Crippen molar-refractivity contribution < 1.29 is 19.1 Å². The van der Waals surface area contributed by atoms with Crippen molar-refractivity contribution in [2.24, 2.45) is 0 Å². The van der Waals surface area contributed by atoms with Crippen LogP contribution < -0.4 is 0 Å². The maximum atomic E-state index is 12.7. The van der Waals surface area contributed by atoms with E-state index >= 15 is 0 Å². The summed E-state index contributed by atoms with van der Waals surface area (Å²) in [6.07, 6.45) is 0. The monoisotopic (exact) mass is 384 g/mol. The minimum atomic E-state index is -0.719. The lowest BCUT2D eigenvalue weighted by Gasteiger charge is -2.10. The van der Waals surface area contributed by atoms with Gasteiger partial charge in [-0.1, -0.05) is 41.9 Å². The zero-order chi connectivity index (χ0) is 19.4. The summed E-state index contributed by atoms with van der Waals surface area (Å²) in [7, 11) is 1.24. The first-order chi connectivity index (χ1) is 13.1. The average Bonchev–Trinajstić information content (AvgIpc) is 3.09. The second kappa shape index (κ2) is 8.05. The molecule has 7 heteroatoms. The summed E-state index contributed by atoms with van der Waals surface area (Å²) in [5.41, 5.74) is 1.74. The predicted octanol–water partition coefficient (Wildman–Crippen LogP) is 4.16. The second-order valence-corrected chi connectivity index (χ2v) is 5.97. The number of hydrogen-bond donors (Lipinski definition) is 0. The van der Waals surface area contributed by atoms with Crippen molar-refractivity contribution in [2.45, 2.75) is 6.92 Å². The molecule has 0 saturated carbocycles. The average molecular weight is 385 g/mol. The molecule has 0 amide bonds. The van der Waals surface area contributed by atoms with Gasteiger partial charge in [-0.05, 0) is 31.2 Å². The Labute approximate surface area is 161 Å². The van der Waals surface area contributed by atoms with Gasteiger partial charge in [0.15, 0.2) is 5.69 Å². The SMILES string of the molecule is CCOC(=O)c1c(C(=O)OC)nn(-c2ccc(Cl)cc2)c1-c1ccccc1. The first kappa shape index (κ1) is 18.7. The lowest BCUT2D eigenvalue weighted by atomic mass is 10.1. The van der Waals surface area contributed by atoms with Gasteiger partial charge < -0.3 is 9.47 Å². The van der Waals surface area contributed by atoms with Crippen LogP contribution in [0, 0.1) is 0 Å². The Morgan fingerprint density at radius 2 is 1.70 bits per heavy atom. The molecule has 1 heterocycles. The Balaban J connectivity index is 2.33. The number of carbonyl (C=O) groups excluding carboxylic acids is 2. The Bertz CT molecular complexity index is 966. The molecule has 0 fully saturated rings. The molecule has 27 heavy (non-hydrogen) atoms. The molecule has 0 atom stereocenters. The van der Waals surface area contributed by atoms with Crippen LogP contribution >= 0.6 is 11.6 Å². The minimum absolute atomic E-state index is 0.0600. The van der Waals surface area contributed by atoms with Crippen LogP contribution in [-0.4, -0.2) is 35.4 Å². The molecule has 0 saturated heterocycles. The van der Waals surface area contributed by atoms with E-state index in [2.05, 4.69) is 5.10 Å². The molecule has 0 aliphatic rings. The highest BCUT2D eigenvalue weighted by molar-refractivity contribution is 6.30. The van der Waals surface area contributed by atoms with Gasteiger partial charge in [0.1, 0.15) is 5.56 Å². The van der Waals surface area contributed by atoms with E-state index in [9.17, 15) is 9.59 Å². The fourth-order valence-electron chi connectivity index (χ4n) is 2.69. The van der Waals surface area contributed by atoms with Gasteiger partial charge in [0, 0.05) is 10.6 Å². The van der Waals surface area contributed by atoms with Crippen molar-refractivity contribution in [1.29, 1.82) is 0 Å². The normalized spacial score (nSPS) is 10.5. The number of aromatic nitrogens is 2. The summed E-state index contributed by atoms with van der Waals surface area (Å²) in [5, 5.41) is 4.92. The highest BCUT2D eigenvalue weighted by Crippen LogP contribution is 2.30. The number of halogens is 1. The number of carbonyl (C=O) groups is 2. The van der Waals surface area contributed by atoms with Crippen molar-refractivity contribution in [3.05, 3.63) is 70.9 Å². The standard InChI is InChI=1S/C20H17ClN2O4/c1-3-27-19(24)16-17(20(25)26-2)22-23(15-11-9-14(21)10-12-15)18(16)13-7-5-4-6-8-13/h4-12H,3H2,1-2H3. The number of methoxy groups -OCH3 is 1. The van der Waals surface area contributed by atoms with Gasteiger partial charge in [0.25, 0.3) is 0 Å². The number of rotatable bonds is 5. The number of nitrogens with zero attached hydrogens (tertiary/aromatic N) is 2. The molecule has 6 nitrogen and oxygen atoms in total. The van der Waals surface area contributed by atoms with E-state index in [-0.39, 0.29) is 17.9 Å². The number of benzene rings is 2. The van der Waals surface area contributed by atoms with Crippen LogP contribution in [-0.2, 0) is 9.47 Å². The van der Waals surface area contributed by atoms with E-state index in [1.54, 1.807) is 31.2 Å². The predicted molar refractivity (Wildman–Crippen MR) is 101 cm³/mol. The second-order valence-electron chi connectivity index (χ2n) is 5.54. The molecule has 0 unspecified atom stereocenters. The topological polar surface area (TPSA) is 70.4 Å². The minimum Gasteiger partial charge on any atom is -0.464 e. The maximum Gasteiger partial charge on any atom is 0.359 e. The third-order valence-electron chi connectivity index (χ3n) is 3.86. The van der Waals surface area contributed by atoms with E-state index in [4.69, 9.17) is 21.1 Å². The zero-order valence-corrected chi connectivity index (χ0v) is 15.6. The molecule has 2 aromatic carbocycles. The third kappa shape index (κ3) is 3.71. The first-order valence-electron chi connectivity index (χ1n) is 8.26. The molecule has 138 valence electrons. The van der Waals surface area contributed by atoms with Crippen LogP contribution in [0.2, 0.25) is 5.02 Å². The quantitative estimate of drug-likeness (QED) is 0.618. The Kier molecular flexibility index (Phi) is 5.57. The van der Waals surface area contributed by atoms with Crippen molar-refractivity contribution in [1.82, 2.24) is 9.78 Å². The molecule has 0 spiro atoms. The van der Waals surface area contributed by atoms with E-state index in [0.717, 1.165) is 0 Å². The molecular formula is C20H17ClN2O4. The van der Waals surface area contributed by atoms with Gasteiger partial charge in [-0.15, -0.1) is 0 Å². The zero-order valence-electron chi connectivity index (χ0n) is 14.8. The number of esters is 2. The Morgan fingerprint density at radius 1 is 1.04 bits per heavy atom. The van der Waals surface area contributed by atoms with Crippen LogP contribution in [0.4, 0.5) is 0 Å². The molecule has 0 aliphatic carbocycles. The summed E-state index contributed by atoms with van der Waals surface area (Å²) in [6.45, 7) is 1.86. The number of hydrogen-bond acceptors (Lipinski definition) is 5. The first-order valence-corrected chi connectivity index (χ1v) is 8.64. The lowest BCUT2D eigenvalue weighted by molar-refractivity contribution is 0.0503. The van der Waals surface area contributed by atoms with Crippen molar-refractivity contribution >= 4 is 23.5 Å². The van der Waals surface area contributed by atoms with Crippen LogP contribution in [0.25, 0.3) is 16.9 Å². The van der Waals surface area contributed by atoms with Gasteiger partial charge >= 0.3 is 11.9 Å². The smallest absolute Gasteiger partial charge is 0.359 e. The van der Waals surface area contributed by atoms with Crippen LogP contribution in [0.5, 0.6) is 0 Å². The lowest BCUT2D eigenvalue weighted by Crippen LogP contribution is -2.12. The summed E-state index contributed by atoms with van der Waals surface area (Å²) < 4.78 is 11.5. The van der Waals surface area contributed by atoms with Crippen LogP contribution in [0.1, 0.15) is 27.8 Å². The van der Waals surface area contributed by atoms with Crippen LogP contribution in [0.3, 0.4) is 0 Å². The van der Waals surface area contributed by atoms with Gasteiger partial charge in [-0.3, -0.25) is 0 Å². The summed E-state index contributed by atoms with van der Waals surface area (Å²) in [4.78, 5) is 25.0. The van der Waals surface area contributed by atoms with Gasteiger partial charge in [-0.25, -0.2) is 14.3 Å². The molecule has 3 rings (SSSR count). The van der Waals surface area contributed by atoms with Gasteiger partial charge in [0.05, 0.1) is 25.1 Å². The fourth-order valence-corrected chi connectivity index (χ4v) is 2.81. The maximum absolute atomic E-state index is 12.7. The summed E-state index contributed by atoms with van der Waals surface area (Å²) in [6, 6.07) is 16.1. The Morgan fingerprint density at radius 3 is 2.30 bits per heavy atom. The molecule has 0 aliphatic heterocycles. The van der Waals surface area contributed by atoms with Gasteiger partial charge in [-0.2, -0.15) is 5.10 Å². The molecule has 0 N–H and O–H groups in total. The van der Waals surface area contributed by atoms with E-state index in [1.165, 1.54) is 11.8 Å². The van der Waals surface area contributed by atoms with Crippen molar-refractivity contribution in [3.63, 3.8) is 0 Å². The number of ether oxygens (including phenoxy) is 2. The highest BCUT2D eigenvalue weighted by atomic mass is 35.5. The van der Waals surface area contributed by atoms with Crippen LogP contribution in [0.15, 0.2) is 54.6 Å². The van der Waals surface area contributed by atoms with E-state index < -0.39 is 11.9 Å². The Hall–Kier alpha value is -3.12. The molecule has 0 bridgehead atoms. The molecule has 3 aromatic rings. The molecular weight excluding hydrogens is 368 g/mol. The highest BCUT2D eigenvalue weighted by Gasteiger charge is 2.31. The van der Waals surface area contributed by atoms with E-state index in [0.29, 0.717) is 22.0 Å². The third-order valence-corrected chi connectivity index (χ3v) is 4.11. The fraction of sp³-hybridized carbons (Fsp3) is 0.150. The van der Waals surface area contributed by atoms with Crippen molar-refractivity contribution in [3.8, 4) is 16.9 Å². The summed E-state index contributed by atoms with van der Waals surface area (Å²) >= 11 is 5.98. The largest absolute Gasteiger partial charge is 0.464 e. The molecule has 0 radical (unpaired) electrons. The molecule has 1 aromatic heterocycles. The van der Waals surface area contributed by atoms with Gasteiger partial charge in [0.2, 0.25) is 0 Å².